The van der Waals surface area contributed by atoms with Crippen molar-refractivity contribution in [3.8, 4) is 0 Å². The largest absolute Gasteiger partial charge is 0.444 e. The maximum Gasteiger partial charge on any atom is 0.410 e. The molecule has 1 amide bonds. The molecule has 0 spiro atoms. The minimum absolute atomic E-state index is 0.238. The fraction of sp³-hybridized carbons (Fsp3) is 0.588. The summed E-state index contributed by atoms with van der Waals surface area (Å²) in [5.41, 5.74) is 0.834. The van der Waals surface area contributed by atoms with Crippen molar-refractivity contribution in [3.05, 3.63) is 35.9 Å². The molecule has 0 heterocycles. The molecule has 0 aliphatic carbocycles. The van der Waals surface area contributed by atoms with Crippen molar-refractivity contribution in [2.75, 3.05) is 26.7 Å². The fourth-order valence-electron chi connectivity index (χ4n) is 1.97. The van der Waals surface area contributed by atoms with Crippen molar-refractivity contribution in [1.82, 2.24) is 9.80 Å². The van der Waals surface area contributed by atoms with E-state index in [-0.39, 0.29) is 6.09 Å². The van der Waals surface area contributed by atoms with Crippen molar-refractivity contribution in [2.45, 2.75) is 39.8 Å². The van der Waals surface area contributed by atoms with E-state index in [1.165, 1.54) is 5.56 Å². The minimum atomic E-state index is -0.444. The molecule has 4 heteroatoms. The average molecular weight is 292 g/mol. The van der Waals surface area contributed by atoms with Gasteiger partial charge in [0.1, 0.15) is 5.60 Å². The van der Waals surface area contributed by atoms with E-state index in [0.29, 0.717) is 13.1 Å². The van der Waals surface area contributed by atoms with Gasteiger partial charge in [-0.1, -0.05) is 30.3 Å². The van der Waals surface area contributed by atoms with Crippen molar-refractivity contribution in [3.63, 3.8) is 0 Å². The third kappa shape index (κ3) is 7.14. The molecule has 1 aromatic carbocycles. The minimum Gasteiger partial charge on any atom is -0.444 e. The molecule has 0 atom stereocenters. The Hall–Kier alpha value is -1.55. The van der Waals surface area contributed by atoms with Crippen LogP contribution in [0, 0.1) is 0 Å². The Bertz CT molecular complexity index is 426. The lowest BCUT2D eigenvalue weighted by Gasteiger charge is -2.28. The molecule has 0 fully saturated rings. The molecule has 0 saturated heterocycles. The van der Waals surface area contributed by atoms with Gasteiger partial charge in [0, 0.05) is 26.2 Å². The second-order valence-electron chi connectivity index (χ2n) is 6.28. The zero-order valence-corrected chi connectivity index (χ0v) is 13.9. The van der Waals surface area contributed by atoms with Crippen LogP contribution in [0.3, 0.4) is 0 Å². The van der Waals surface area contributed by atoms with E-state index in [0.717, 1.165) is 13.1 Å². The van der Waals surface area contributed by atoms with E-state index < -0.39 is 5.60 Å². The van der Waals surface area contributed by atoms with Crippen LogP contribution in [0.2, 0.25) is 0 Å². The SMILES string of the molecule is CCN(CCN(C)Cc1ccccc1)C(=O)OC(C)(C)C. The molecule has 118 valence electrons. The van der Waals surface area contributed by atoms with Gasteiger partial charge >= 0.3 is 6.09 Å². The van der Waals surface area contributed by atoms with E-state index in [1.54, 1.807) is 4.90 Å². The number of nitrogens with zero attached hydrogens (tertiary/aromatic N) is 2. The quantitative estimate of drug-likeness (QED) is 0.806. The van der Waals surface area contributed by atoms with Gasteiger partial charge < -0.3 is 14.5 Å². The summed E-state index contributed by atoms with van der Waals surface area (Å²) in [6.07, 6.45) is -0.238. The normalized spacial score (nSPS) is 11.5. The Kier molecular flexibility index (Phi) is 6.69. The number of hydrogen-bond acceptors (Lipinski definition) is 3. The maximum atomic E-state index is 12.0. The molecule has 0 aliphatic heterocycles. The van der Waals surface area contributed by atoms with Crippen LogP contribution in [0.1, 0.15) is 33.3 Å². The molecule has 0 aliphatic rings. The summed E-state index contributed by atoms with van der Waals surface area (Å²) in [7, 11) is 2.07. The summed E-state index contributed by atoms with van der Waals surface area (Å²) in [4.78, 5) is 16.0. The van der Waals surface area contributed by atoms with E-state index in [4.69, 9.17) is 4.74 Å². The topological polar surface area (TPSA) is 32.8 Å². The predicted molar refractivity (Wildman–Crippen MR) is 86.3 cm³/mol. The summed E-state index contributed by atoms with van der Waals surface area (Å²) in [6.45, 7) is 10.7. The summed E-state index contributed by atoms with van der Waals surface area (Å²) in [5, 5.41) is 0. The first-order valence-corrected chi connectivity index (χ1v) is 7.52. The molecular formula is C17H28N2O2. The molecular weight excluding hydrogens is 264 g/mol. The Morgan fingerprint density at radius 1 is 1.14 bits per heavy atom. The van der Waals surface area contributed by atoms with Gasteiger partial charge in [-0.25, -0.2) is 4.79 Å². The summed E-state index contributed by atoms with van der Waals surface area (Å²) >= 11 is 0. The Morgan fingerprint density at radius 3 is 2.29 bits per heavy atom. The molecule has 1 rings (SSSR count). The van der Waals surface area contributed by atoms with Crippen molar-refractivity contribution in [1.29, 1.82) is 0 Å². The smallest absolute Gasteiger partial charge is 0.410 e. The number of carbonyl (C=O) groups is 1. The van der Waals surface area contributed by atoms with Crippen LogP contribution in [0.25, 0.3) is 0 Å². The van der Waals surface area contributed by atoms with Crippen LogP contribution in [0.15, 0.2) is 30.3 Å². The number of benzene rings is 1. The molecule has 0 saturated carbocycles. The van der Waals surface area contributed by atoms with E-state index >= 15 is 0 Å². The first-order valence-electron chi connectivity index (χ1n) is 7.52. The molecule has 0 unspecified atom stereocenters. The Labute approximate surface area is 128 Å². The standard InChI is InChI=1S/C17H28N2O2/c1-6-19(16(20)21-17(2,3)4)13-12-18(5)14-15-10-8-7-9-11-15/h7-11H,6,12-14H2,1-5H3. The highest BCUT2D eigenvalue weighted by Gasteiger charge is 2.21. The van der Waals surface area contributed by atoms with Gasteiger partial charge in [0.15, 0.2) is 0 Å². The fourth-order valence-corrected chi connectivity index (χ4v) is 1.97. The number of hydrogen-bond donors (Lipinski definition) is 0. The first kappa shape index (κ1) is 17.5. The monoisotopic (exact) mass is 292 g/mol. The van der Waals surface area contributed by atoms with Gasteiger partial charge in [-0.05, 0) is 40.3 Å². The summed E-state index contributed by atoms with van der Waals surface area (Å²) < 4.78 is 5.41. The summed E-state index contributed by atoms with van der Waals surface area (Å²) in [6, 6.07) is 10.3. The highest BCUT2D eigenvalue weighted by Crippen LogP contribution is 2.10. The van der Waals surface area contributed by atoms with Crippen LogP contribution in [0.4, 0.5) is 4.79 Å². The lowest BCUT2D eigenvalue weighted by molar-refractivity contribution is 0.0246. The third-order valence-corrected chi connectivity index (χ3v) is 3.08. The van der Waals surface area contributed by atoms with Crippen molar-refractivity contribution < 1.29 is 9.53 Å². The molecule has 21 heavy (non-hydrogen) atoms. The van der Waals surface area contributed by atoms with Crippen LogP contribution < -0.4 is 0 Å². The predicted octanol–water partition coefficient (Wildman–Crippen LogP) is 3.38. The number of carbonyl (C=O) groups excluding carboxylic acids is 1. The number of likely N-dealkylation sites (N-methyl/N-ethyl adjacent to an activating group) is 2. The number of ether oxygens (including phenoxy) is 1. The van der Waals surface area contributed by atoms with Gasteiger partial charge in [-0.15, -0.1) is 0 Å². The van der Waals surface area contributed by atoms with Crippen molar-refractivity contribution in [2.24, 2.45) is 0 Å². The average Bonchev–Trinajstić information content (AvgIpc) is 2.38. The number of rotatable bonds is 6. The zero-order valence-electron chi connectivity index (χ0n) is 13.9. The zero-order chi connectivity index (χ0) is 15.9. The number of amides is 1. The first-order chi connectivity index (χ1) is 9.81. The van der Waals surface area contributed by atoms with Gasteiger partial charge in [-0.2, -0.15) is 0 Å². The Balaban J connectivity index is 2.42. The van der Waals surface area contributed by atoms with Crippen molar-refractivity contribution >= 4 is 6.09 Å². The highest BCUT2D eigenvalue weighted by atomic mass is 16.6. The van der Waals surface area contributed by atoms with E-state index in [1.807, 2.05) is 45.9 Å². The lowest BCUT2D eigenvalue weighted by Crippen LogP contribution is -2.40. The van der Waals surface area contributed by atoms with Gasteiger partial charge in [-0.3, -0.25) is 0 Å². The summed E-state index contributed by atoms with van der Waals surface area (Å²) in [5.74, 6) is 0. The van der Waals surface area contributed by atoms with Gasteiger partial charge in [0.25, 0.3) is 0 Å². The highest BCUT2D eigenvalue weighted by molar-refractivity contribution is 5.68. The van der Waals surface area contributed by atoms with Crippen LogP contribution >= 0.6 is 0 Å². The van der Waals surface area contributed by atoms with Gasteiger partial charge in [0.2, 0.25) is 0 Å². The van der Waals surface area contributed by atoms with E-state index in [2.05, 4.69) is 24.1 Å². The second kappa shape index (κ2) is 8.03. The van der Waals surface area contributed by atoms with Crippen LogP contribution in [-0.2, 0) is 11.3 Å². The van der Waals surface area contributed by atoms with Gasteiger partial charge in [0.05, 0.1) is 0 Å². The molecule has 4 nitrogen and oxygen atoms in total. The lowest BCUT2D eigenvalue weighted by atomic mass is 10.2. The third-order valence-electron chi connectivity index (χ3n) is 3.08. The van der Waals surface area contributed by atoms with Crippen LogP contribution in [0.5, 0.6) is 0 Å². The molecule has 0 N–H and O–H groups in total. The molecule has 0 radical (unpaired) electrons. The molecule has 1 aromatic rings. The Morgan fingerprint density at radius 2 is 1.76 bits per heavy atom. The molecule has 0 bridgehead atoms. The van der Waals surface area contributed by atoms with E-state index in [9.17, 15) is 4.79 Å². The van der Waals surface area contributed by atoms with Crippen LogP contribution in [-0.4, -0.2) is 48.2 Å². The molecule has 0 aromatic heterocycles. The second-order valence-corrected chi connectivity index (χ2v) is 6.28. The maximum absolute atomic E-state index is 12.0.